The van der Waals surface area contributed by atoms with Gasteiger partial charge in [-0.15, -0.1) is 0 Å². The van der Waals surface area contributed by atoms with Crippen molar-refractivity contribution in [2.24, 2.45) is 5.92 Å². The number of allylic oxidation sites excluding steroid dienone is 2. The van der Waals surface area contributed by atoms with Crippen LogP contribution in [0, 0.1) is 5.92 Å². The molecule has 0 saturated carbocycles. The Bertz CT molecular complexity index is 825. The fourth-order valence-electron chi connectivity index (χ4n) is 4.76. The molecule has 1 aliphatic heterocycles. The SMILES string of the molecule is CC1=CCC2[C@@H](C1)c1c(O)cc(C(C)(C)C(=O)OCCCCCBr)cc1OC2(C)C. The molecule has 1 aromatic carbocycles. The highest BCUT2D eigenvalue weighted by atomic mass is 79.9. The number of aromatic hydroxyl groups is 1. The number of phenolic OH excluding ortho intramolecular Hbond substituents is 1. The second kappa shape index (κ2) is 8.94. The van der Waals surface area contributed by atoms with Crippen molar-refractivity contribution in [3.8, 4) is 11.5 Å². The number of rotatable bonds is 7. The smallest absolute Gasteiger partial charge is 0.315 e. The summed E-state index contributed by atoms with van der Waals surface area (Å²) in [5.41, 5.74) is 1.76. The lowest BCUT2D eigenvalue weighted by atomic mass is 9.67. The van der Waals surface area contributed by atoms with Crippen molar-refractivity contribution in [3.05, 3.63) is 34.9 Å². The molecule has 1 heterocycles. The molecular weight excluding hydrogens is 444 g/mol. The number of unbranched alkanes of at least 4 members (excludes halogenated alkanes) is 2. The molecule has 0 spiro atoms. The summed E-state index contributed by atoms with van der Waals surface area (Å²) in [5.74, 6) is 1.20. The van der Waals surface area contributed by atoms with Crippen molar-refractivity contribution >= 4 is 21.9 Å². The van der Waals surface area contributed by atoms with Gasteiger partial charge >= 0.3 is 5.97 Å². The molecule has 2 aliphatic rings. The molecule has 0 bridgehead atoms. The number of esters is 1. The van der Waals surface area contributed by atoms with Crippen LogP contribution >= 0.6 is 15.9 Å². The van der Waals surface area contributed by atoms with Crippen LogP contribution in [0.15, 0.2) is 23.8 Å². The second-order valence-corrected chi connectivity index (χ2v) is 10.6. The van der Waals surface area contributed by atoms with E-state index in [-0.39, 0.29) is 23.2 Å². The van der Waals surface area contributed by atoms with Crippen LogP contribution in [0.5, 0.6) is 11.5 Å². The zero-order chi connectivity index (χ0) is 22.1. The summed E-state index contributed by atoms with van der Waals surface area (Å²) < 4.78 is 11.9. The van der Waals surface area contributed by atoms with Crippen molar-refractivity contribution in [2.45, 2.75) is 83.7 Å². The van der Waals surface area contributed by atoms with Crippen molar-refractivity contribution < 1.29 is 19.4 Å². The van der Waals surface area contributed by atoms with Gasteiger partial charge < -0.3 is 14.6 Å². The second-order valence-electron chi connectivity index (χ2n) is 9.83. The van der Waals surface area contributed by atoms with Gasteiger partial charge in [-0.05, 0) is 84.4 Å². The zero-order valence-corrected chi connectivity index (χ0v) is 20.5. The molecule has 30 heavy (non-hydrogen) atoms. The third-order valence-electron chi connectivity index (χ3n) is 6.75. The van der Waals surface area contributed by atoms with Crippen LogP contribution in [0.25, 0.3) is 0 Å². The maximum atomic E-state index is 12.8. The highest BCUT2D eigenvalue weighted by Crippen LogP contribution is 2.54. The Morgan fingerprint density at radius 2 is 2.03 bits per heavy atom. The lowest BCUT2D eigenvalue weighted by Crippen LogP contribution is -2.45. The molecule has 5 heteroatoms. The van der Waals surface area contributed by atoms with Crippen LogP contribution in [-0.2, 0) is 14.9 Å². The van der Waals surface area contributed by atoms with Crippen molar-refractivity contribution in [3.63, 3.8) is 0 Å². The molecule has 4 nitrogen and oxygen atoms in total. The summed E-state index contributed by atoms with van der Waals surface area (Å²) in [5, 5.41) is 12.0. The highest BCUT2D eigenvalue weighted by Gasteiger charge is 2.46. The lowest BCUT2D eigenvalue weighted by Gasteiger charge is -2.47. The van der Waals surface area contributed by atoms with Gasteiger partial charge in [0, 0.05) is 22.7 Å². The van der Waals surface area contributed by atoms with Crippen molar-refractivity contribution in [1.82, 2.24) is 0 Å². The molecule has 0 fully saturated rings. The largest absolute Gasteiger partial charge is 0.508 e. The van der Waals surface area contributed by atoms with Crippen molar-refractivity contribution in [2.75, 3.05) is 11.9 Å². The zero-order valence-electron chi connectivity index (χ0n) is 18.9. The highest BCUT2D eigenvalue weighted by molar-refractivity contribution is 9.09. The average molecular weight is 479 g/mol. The van der Waals surface area contributed by atoms with Gasteiger partial charge in [0.05, 0.1) is 12.0 Å². The van der Waals surface area contributed by atoms with Crippen LogP contribution < -0.4 is 4.74 Å². The van der Waals surface area contributed by atoms with E-state index in [1.165, 1.54) is 5.57 Å². The monoisotopic (exact) mass is 478 g/mol. The molecule has 0 radical (unpaired) electrons. The summed E-state index contributed by atoms with van der Waals surface area (Å²) in [6.07, 6.45) is 7.13. The number of phenols is 1. The van der Waals surface area contributed by atoms with Gasteiger partial charge in [-0.25, -0.2) is 0 Å². The van der Waals surface area contributed by atoms with Crippen LogP contribution in [0.1, 0.15) is 83.8 Å². The first-order valence-corrected chi connectivity index (χ1v) is 12.1. The van der Waals surface area contributed by atoms with E-state index in [2.05, 4.69) is 42.8 Å². The summed E-state index contributed by atoms with van der Waals surface area (Å²) in [7, 11) is 0. The first-order chi connectivity index (χ1) is 14.1. The Hall–Kier alpha value is -1.49. The quantitative estimate of drug-likeness (QED) is 0.213. The number of alkyl halides is 1. The lowest BCUT2D eigenvalue weighted by molar-refractivity contribution is -0.149. The molecule has 0 amide bonds. The van der Waals surface area contributed by atoms with Crippen LogP contribution in [-0.4, -0.2) is 28.6 Å². The van der Waals surface area contributed by atoms with Crippen LogP contribution in [0.2, 0.25) is 0 Å². The van der Waals surface area contributed by atoms with Gasteiger partial charge in [-0.2, -0.15) is 0 Å². The Morgan fingerprint density at radius 1 is 1.30 bits per heavy atom. The fraction of sp³-hybridized carbons (Fsp3) is 0.640. The Balaban J connectivity index is 1.86. The molecule has 1 aliphatic carbocycles. The fourth-order valence-corrected chi connectivity index (χ4v) is 5.16. The van der Waals surface area contributed by atoms with Gasteiger partial charge in [0.15, 0.2) is 0 Å². The van der Waals surface area contributed by atoms with Gasteiger partial charge in [0.25, 0.3) is 0 Å². The van der Waals surface area contributed by atoms with E-state index in [0.717, 1.165) is 48.6 Å². The first-order valence-electron chi connectivity index (χ1n) is 11.0. The average Bonchev–Trinajstić information content (AvgIpc) is 2.66. The molecule has 2 atom stereocenters. The molecule has 1 N–H and O–H groups in total. The summed E-state index contributed by atoms with van der Waals surface area (Å²) in [4.78, 5) is 12.8. The van der Waals surface area contributed by atoms with Gasteiger partial charge in [-0.3, -0.25) is 4.79 Å². The Labute approximate surface area is 189 Å². The number of hydrogen-bond donors (Lipinski definition) is 1. The summed E-state index contributed by atoms with van der Waals surface area (Å²) in [6.45, 7) is 10.5. The van der Waals surface area contributed by atoms with Crippen LogP contribution in [0.4, 0.5) is 0 Å². The minimum Gasteiger partial charge on any atom is -0.508 e. The van der Waals surface area contributed by atoms with E-state index in [0.29, 0.717) is 18.3 Å². The predicted molar refractivity (Wildman–Crippen MR) is 124 cm³/mol. The Morgan fingerprint density at radius 3 is 2.73 bits per heavy atom. The normalized spacial score (nSPS) is 22.4. The topological polar surface area (TPSA) is 55.8 Å². The van der Waals surface area contributed by atoms with Crippen molar-refractivity contribution in [1.29, 1.82) is 0 Å². The number of carbonyl (C=O) groups excluding carboxylic acids is 1. The summed E-state index contributed by atoms with van der Waals surface area (Å²) in [6, 6.07) is 3.67. The van der Waals surface area contributed by atoms with E-state index in [1.54, 1.807) is 6.07 Å². The van der Waals surface area contributed by atoms with Gasteiger partial charge in [0.1, 0.15) is 17.1 Å². The number of halogens is 1. The molecule has 3 rings (SSSR count). The van der Waals surface area contributed by atoms with Crippen LogP contribution in [0.3, 0.4) is 0 Å². The third-order valence-corrected chi connectivity index (χ3v) is 7.31. The van der Waals surface area contributed by atoms with E-state index in [4.69, 9.17) is 9.47 Å². The molecule has 166 valence electrons. The maximum Gasteiger partial charge on any atom is 0.315 e. The summed E-state index contributed by atoms with van der Waals surface area (Å²) >= 11 is 3.42. The van der Waals surface area contributed by atoms with Gasteiger partial charge in [0.2, 0.25) is 0 Å². The minimum atomic E-state index is -0.866. The molecule has 0 aromatic heterocycles. The first kappa shape index (κ1) is 23.2. The standard InChI is InChI=1S/C25H35BrO4/c1-16-9-10-19-18(13-16)22-20(27)14-17(15-21(22)30-25(19,4)5)24(2,3)23(28)29-12-8-6-7-11-26/h9,14-15,18-19,27H,6-8,10-13H2,1-5H3/t18-,19?/m1/s1. The van der Waals surface area contributed by atoms with E-state index in [9.17, 15) is 9.90 Å². The predicted octanol–water partition coefficient (Wildman–Crippen LogP) is 6.39. The third kappa shape index (κ3) is 4.56. The Kier molecular flexibility index (Phi) is 6.91. The maximum absolute atomic E-state index is 12.8. The van der Waals surface area contributed by atoms with E-state index >= 15 is 0 Å². The number of benzene rings is 1. The number of carbonyl (C=O) groups is 1. The molecule has 0 saturated heterocycles. The van der Waals surface area contributed by atoms with Gasteiger partial charge in [-0.1, -0.05) is 27.6 Å². The van der Waals surface area contributed by atoms with E-state index in [1.807, 2.05) is 19.9 Å². The minimum absolute atomic E-state index is 0.223. The molecule has 1 aromatic rings. The number of ether oxygens (including phenoxy) is 2. The molecular formula is C25H35BrO4. The molecule has 1 unspecified atom stereocenters. The number of hydrogen-bond acceptors (Lipinski definition) is 4. The number of fused-ring (bicyclic) bond motifs is 3. The van der Waals surface area contributed by atoms with E-state index < -0.39 is 5.41 Å².